The monoisotopic (exact) mass is 276 g/mol. The summed E-state index contributed by atoms with van der Waals surface area (Å²) < 4.78 is 1.33. The fraction of sp³-hybridized carbons (Fsp3) is 0.615. The number of H-pyrrole nitrogens is 1. The van der Waals surface area contributed by atoms with Crippen molar-refractivity contribution in [2.45, 2.75) is 32.2 Å². The Bertz CT molecular complexity index is 627. The summed E-state index contributed by atoms with van der Waals surface area (Å²) in [5.41, 5.74) is 0.261. The van der Waals surface area contributed by atoms with E-state index in [1.165, 1.54) is 10.9 Å². The zero-order chi connectivity index (χ0) is 13.9. The molecular weight excluding hydrogens is 256 g/mol. The lowest BCUT2D eigenvalue weighted by molar-refractivity contribution is 0.427. The van der Waals surface area contributed by atoms with Crippen molar-refractivity contribution < 1.29 is 0 Å². The van der Waals surface area contributed by atoms with E-state index < -0.39 is 0 Å². The van der Waals surface area contributed by atoms with Gasteiger partial charge < -0.3 is 10.2 Å². The molecule has 1 fully saturated rings. The zero-order valence-corrected chi connectivity index (χ0v) is 11.7. The number of fused-ring (bicyclic) bond motifs is 1. The third-order valence-electron chi connectivity index (χ3n) is 3.73. The van der Waals surface area contributed by atoms with Gasteiger partial charge in [-0.3, -0.25) is 0 Å². The molecule has 7 heteroatoms. The highest BCUT2D eigenvalue weighted by Crippen LogP contribution is 2.18. The molecule has 0 aliphatic carbocycles. The summed E-state index contributed by atoms with van der Waals surface area (Å²) in [5.74, 6) is 0.844. The van der Waals surface area contributed by atoms with Gasteiger partial charge in [0.1, 0.15) is 5.82 Å². The fourth-order valence-electron chi connectivity index (χ4n) is 2.77. The minimum absolute atomic E-state index is 0.292. The summed E-state index contributed by atoms with van der Waals surface area (Å²) in [6.07, 6.45) is 3.39. The summed E-state index contributed by atoms with van der Waals surface area (Å²) in [6.45, 7) is 5.16. The first kappa shape index (κ1) is 13.1. The SMILES string of the molecule is CCCN(c1ccc2n[nH]c(=O)n2n1)C1CCCNC1. The van der Waals surface area contributed by atoms with E-state index in [0.29, 0.717) is 11.7 Å². The molecule has 2 aromatic rings. The first-order valence-electron chi connectivity index (χ1n) is 7.21. The lowest BCUT2D eigenvalue weighted by Crippen LogP contribution is -2.47. The second-order valence-electron chi connectivity index (χ2n) is 5.18. The Morgan fingerprint density at radius 1 is 1.50 bits per heavy atom. The summed E-state index contributed by atoms with van der Waals surface area (Å²) >= 11 is 0. The Morgan fingerprint density at radius 3 is 3.15 bits per heavy atom. The zero-order valence-electron chi connectivity index (χ0n) is 11.7. The van der Waals surface area contributed by atoms with Crippen LogP contribution in [-0.2, 0) is 0 Å². The summed E-state index contributed by atoms with van der Waals surface area (Å²) in [4.78, 5) is 13.9. The quantitative estimate of drug-likeness (QED) is 0.844. The molecule has 0 aromatic carbocycles. The smallest absolute Gasteiger partial charge is 0.351 e. The molecular formula is C13H20N6O. The van der Waals surface area contributed by atoms with Crippen molar-refractivity contribution >= 4 is 11.5 Å². The number of hydrogen-bond donors (Lipinski definition) is 2. The van der Waals surface area contributed by atoms with Crippen molar-refractivity contribution in [2.24, 2.45) is 0 Å². The number of nitrogens with zero attached hydrogens (tertiary/aromatic N) is 4. The molecule has 3 heterocycles. The number of aromatic amines is 1. The highest BCUT2D eigenvalue weighted by molar-refractivity contribution is 5.45. The average molecular weight is 276 g/mol. The van der Waals surface area contributed by atoms with E-state index in [9.17, 15) is 4.79 Å². The molecule has 0 spiro atoms. The molecule has 1 aliphatic heterocycles. The standard InChI is InChI=1S/C13H20N6O/c1-2-8-18(10-4-3-7-14-9-10)12-6-5-11-15-16-13(20)19(11)17-12/h5-6,10,14H,2-4,7-9H2,1H3,(H,16,20). The van der Waals surface area contributed by atoms with E-state index in [1.807, 2.05) is 12.1 Å². The normalized spacial score (nSPS) is 19.4. The van der Waals surface area contributed by atoms with Gasteiger partial charge in [-0.05, 0) is 37.9 Å². The highest BCUT2D eigenvalue weighted by atomic mass is 16.2. The first-order valence-corrected chi connectivity index (χ1v) is 7.21. The molecule has 1 unspecified atom stereocenters. The molecule has 20 heavy (non-hydrogen) atoms. The predicted molar refractivity (Wildman–Crippen MR) is 77.1 cm³/mol. The summed E-state index contributed by atoms with van der Waals surface area (Å²) in [7, 11) is 0. The topological polar surface area (TPSA) is 78.3 Å². The van der Waals surface area contributed by atoms with Gasteiger partial charge in [-0.2, -0.15) is 9.61 Å². The molecule has 2 N–H and O–H groups in total. The minimum atomic E-state index is -0.292. The van der Waals surface area contributed by atoms with Gasteiger partial charge in [0.2, 0.25) is 0 Å². The van der Waals surface area contributed by atoms with Crippen molar-refractivity contribution in [2.75, 3.05) is 24.5 Å². The number of nitrogens with one attached hydrogen (secondary N) is 2. The van der Waals surface area contributed by atoms with Gasteiger partial charge in [0.25, 0.3) is 0 Å². The number of aromatic nitrogens is 4. The maximum atomic E-state index is 11.6. The summed E-state index contributed by atoms with van der Waals surface area (Å²) in [5, 5.41) is 14.2. The van der Waals surface area contributed by atoms with Gasteiger partial charge in [-0.15, -0.1) is 5.10 Å². The van der Waals surface area contributed by atoms with Crippen LogP contribution >= 0.6 is 0 Å². The molecule has 0 saturated carbocycles. The van der Waals surface area contributed by atoms with Crippen LogP contribution < -0.4 is 15.9 Å². The maximum absolute atomic E-state index is 11.6. The van der Waals surface area contributed by atoms with Crippen molar-refractivity contribution in [1.29, 1.82) is 0 Å². The molecule has 3 rings (SSSR count). The molecule has 108 valence electrons. The van der Waals surface area contributed by atoms with E-state index in [4.69, 9.17) is 0 Å². The van der Waals surface area contributed by atoms with Crippen molar-refractivity contribution in [3.63, 3.8) is 0 Å². The van der Waals surface area contributed by atoms with Gasteiger partial charge in [0.05, 0.1) is 0 Å². The van der Waals surface area contributed by atoms with Crippen LogP contribution in [0.2, 0.25) is 0 Å². The van der Waals surface area contributed by atoms with Crippen LogP contribution in [0.3, 0.4) is 0 Å². The first-order chi connectivity index (χ1) is 9.79. The molecule has 0 radical (unpaired) electrons. The van der Waals surface area contributed by atoms with Gasteiger partial charge >= 0.3 is 5.69 Å². The van der Waals surface area contributed by atoms with E-state index in [1.54, 1.807) is 0 Å². The Kier molecular flexibility index (Phi) is 3.68. The second-order valence-corrected chi connectivity index (χ2v) is 5.18. The van der Waals surface area contributed by atoms with Crippen LogP contribution in [0.1, 0.15) is 26.2 Å². The molecule has 0 amide bonds. The largest absolute Gasteiger partial charge is 0.364 e. The molecule has 7 nitrogen and oxygen atoms in total. The van der Waals surface area contributed by atoms with Crippen LogP contribution in [0.25, 0.3) is 5.65 Å². The van der Waals surface area contributed by atoms with E-state index in [-0.39, 0.29) is 5.69 Å². The molecule has 1 atom stereocenters. The van der Waals surface area contributed by atoms with Crippen LogP contribution in [-0.4, -0.2) is 45.5 Å². The Morgan fingerprint density at radius 2 is 2.40 bits per heavy atom. The highest BCUT2D eigenvalue weighted by Gasteiger charge is 2.22. The Labute approximate surface area is 117 Å². The molecule has 2 aromatic heterocycles. The van der Waals surface area contributed by atoms with E-state index in [2.05, 4.69) is 32.4 Å². The van der Waals surface area contributed by atoms with Crippen molar-refractivity contribution in [1.82, 2.24) is 25.1 Å². The Hall–Kier alpha value is -1.89. The lowest BCUT2D eigenvalue weighted by atomic mass is 10.1. The van der Waals surface area contributed by atoms with Crippen molar-refractivity contribution in [3.05, 3.63) is 22.6 Å². The predicted octanol–water partition coefficient (Wildman–Crippen LogP) is 0.386. The maximum Gasteiger partial charge on any atom is 0.364 e. The van der Waals surface area contributed by atoms with Gasteiger partial charge in [0, 0.05) is 19.1 Å². The van der Waals surface area contributed by atoms with E-state index in [0.717, 1.165) is 38.3 Å². The Balaban J connectivity index is 1.95. The van der Waals surface area contributed by atoms with Crippen LogP contribution in [0.4, 0.5) is 5.82 Å². The molecule has 1 aliphatic rings. The van der Waals surface area contributed by atoms with Crippen LogP contribution in [0.5, 0.6) is 0 Å². The number of anilines is 1. The van der Waals surface area contributed by atoms with Crippen LogP contribution in [0, 0.1) is 0 Å². The van der Waals surface area contributed by atoms with E-state index >= 15 is 0 Å². The molecule has 0 bridgehead atoms. The van der Waals surface area contributed by atoms with Crippen molar-refractivity contribution in [3.8, 4) is 0 Å². The second kappa shape index (κ2) is 5.62. The fourth-order valence-corrected chi connectivity index (χ4v) is 2.77. The van der Waals surface area contributed by atoms with Crippen LogP contribution in [0.15, 0.2) is 16.9 Å². The third-order valence-corrected chi connectivity index (χ3v) is 3.73. The van der Waals surface area contributed by atoms with Gasteiger partial charge in [-0.25, -0.2) is 9.89 Å². The lowest BCUT2D eigenvalue weighted by Gasteiger charge is -2.35. The minimum Gasteiger partial charge on any atom is -0.351 e. The summed E-state index contributed by atoms with van der Waals surface area (Å²) in [6, 6.07) is 4.22. The van der Waals surface area contributed by atoms with Gasteiger partial charge in [-0.1, -0.05) is 6.92 Å². The number of rotatable bonds is 4. The third kappa shape index (κ3) is 2.40. The average Bonchev–Trinajstić information content (AvgIpc) is 2.87. The molecule has 1 saturated heterocycles. The van der Waals surface area contributed by atoms with Gasteiger partial charge in [0.15, 0.2) is 5.65 Å². The number of hydrogen-bond acceptors (Lipinski definition) is 5. The number of piperidine rings is 1.